The van der Waals surface area contributed by atoms with Gasteiger partial charge in [-0.1, -0.05) is 23.7 Å². The second-order valence-electron chi connectivity index (χ2n) is 7.04. The normalized spacial score (nSPS) is 17.2. The molecular weight excluding hydrogens is 352 g/mol. The smallest absolute Gasteiger partial charge is 0.178 e. The molecular formula is C20H17ClN2OS. The quantitative estimate of drug-likeness (QED) is 0.603. The summed E-state index contributed by atoms with van der Waals surface area (Å²) in [7, 11) is 0. The molecule has 0 amide bonds. The van der Waals surface area contributed by atoms with Crippen LogP contribution in [0.15, 0.2) is 30.3 Å². The van der Waals surface area contributed by atoms with Gasteiger partial charge in [0.05, 0.1) is 10.6 Å². The zero-order valence-corrected chi connectivity index (χ0v) is 15.2. The Bertz CT molecular complexity index is 1000. The number of fused-ring (bicyclic) bond motifs is 1. The number of anilines is 1. The fraction of sp³-hybridized carbons (Fsp3) is 0.300. The lowest BCUT2D eigenvalue weighted by Gasteiger charge is -2.08. The molecule has 2 aliphatic carbocycles. The monoisotopic (exact) mass is 368 g/mol. The van der Waals surface area contributed by atoms with Crippen molar-refractivity contribution in [3.8, 4) is 11.1 Å². The van der Waals surface area contributed by atoms with E-state index in [1.807, 2.05) is 24.3 Å². The largest absolute Gasteiger partial charge is 0.397 e. The van der Waals surface area contributed by atoms with Gasteiger partial charge in [-0.2, -0.15) is 0 Å². The molecule has 5 rings (SSSR count). The predicted molar refractivity (Wildman–Crippen MR) is 104 cm³/mol. The van der Waals surface area contributed by atoms with Crippen molar-refractivity contribution in [2.75, 3.05) is 5.73 Å². The van der Waals surface area contributed by atoms with Crippen LogP contribution in [0.25, 0.3) is 21.3 Å². The fourth-order valence-electron chi connectivity index (χ4n) is 3.30. The second kappa shape index (κ2) is 5.55. The average molecular weight is 369 g/mol. The number of Topliss-reactive ketones (excluding diaryl/α,β-unsaturated/α-hetero) is 1. The van der Waals surface area contributed by atoms with E-state index >= 15 is 0 Å². The van der Waals surface area contributed by atoms with E-state index in [0.29, 0.717) is 21.5 Å². The number of ketones is 1. The van der Waals surface area contributed by atoms with Crippen molar-refractivity contribution >= 4 is 44.6 Å². The van der Waals surface area contributed by atoms with E-state index in [0.717, 1.165) is 39.9 Å². The van der Waals surface area contributed by atoms with Gasteiger partial charge in [0.2, 0.25) is 0 Å². The lowest BCUT2D eigenvalue weighted by Crippen LogP contribution is -2.02. The Kier molecular flexibility index (Phi) is 3.41. The first kappa shape index (κ1) is 15.4. The summed E-state index contributed by atoms with van der Waals surface area (Å²) < 4.78 is 0. The van der Waals surface area contributed by atoms with Crippen molar-refractivity contribution in [1.29, 1.82) is 0 Å². The molecule has 2 aliphatic rings. The summed E-state index contributed by atoms with van der Waals surface area (Å²) in [6, 6.07) is 9.94. The van der Waals surface area contributed by atoms with Crippen LogP contribution in [0.4, 0.5) is 5.69 Å². The van der Waals surface area contributed by atoms with Gasteiger partial charge < -0.3 is 5.73 Å². The molecule has 2 N–H and O–H groups in total. The van der Waals surface area contributed by atoms with Gasteiger partial charge in [-0.3, -0.25) is 4.79 Å². The number of halogens is 1. The van der Waals surface area contributed by atoms with E-state index in [1.54, 1.807) is 0 Å². The molecule has 0 saturated heterocycles. The highest BCUT2D eigenvalue weighted by atomic mass is 35.5. The van der Waals surface area contributed by atoms with Crippen LogP contribution < -0.4 is 5.73 Å². The molecule has 25 heavy (non-hydrogen) atoms. The summed E-state index contributed by atoms with van der Waals surface area (Å²) >= 11 is 7.51. The van der Waals surface area contributed by atoms with Crippen LogP contribution >= 0.6 is 22.9 Å². The molecule has 2 saturated carbocycles. The highest BCUT2D eigenvalue weighted by Crippen LogP contribution is 2.47. The Morgan fingerprint density at radius 1 is 1.16 bits per heavy atom. The zero-order chi connectivity index (χ0) is 17.1. The van der Waals surface area contributed by atoms with E-state index in [9.17, 15) is 4.79 Å². The third-order valence-electron chi connectivity index (χ3n) is 5.04. The number of rotatable bonds is 4. The Balaban J connectivity index is 1.75. The van der Waals surface area contributed by atoms with Crippen molar-refractivity contribution in [3.05, 3.63) is 45.9 Å². The maximum Gasteiger partial charge on any atom is 0.178 e. The number of thiophene rings is 1. The summed E-state index contributed by atoms with van der Waals surface area (Å²) in [5, 5.41) is 1.63. The molecule has 0 radical (unpaired) electrons. The Morgan fingerprint density at radius 2 is 1.88 bits per heavy atom. The Hall–Kier alpha value is -1.91. The molecule has 3 aromatic rings. The molecule has 5 heteroatoms. The van der Waals surface area contributed by atoms with Gasteiger partial charge in [0.25, 0.3) is 0 Å². The topological polar surface area (TPSA) is 56.0 Å². The minimum Gasteiger partial charge on any atom is -0.397 e. The molecule has 3 nitrogen and oxygen atoms in total. The van der Waals surface area contributed by atoms with Gasteiger partial charge >= 0.3 is 0 Å². The lowest BCUT2D eigenvalue weighted by atomic mass is 10.00. The van der Waals surface area contributed by atoms with Crippen LogP contribution in [0.3, 0.4) is 0 Å². The van der Waals surface area contributed by atoms with E-state index in [1.165, 1.54) is 24.2 Å². The summed E-state index contributed by atoms with van der Waals surface area (Å²) in [6.45, 7) is 0. The number of hydrogen-bond acceptors (Lipinski definition) is 4. The number of carbonyl (C=O) groups is 1. The highest BCUT2D eigenvalue weighted by Gasteiger charge is 2.34. The van der Waals surface area contributed by atoms with Crippen LogP contribution in [-0.4, -0.2) is 10.8 Å². The minimum atomic E-state index is 0.164. The number of pyridine rings is 1. The second-order valence-corrected chi connectivity index (χ2v) is 8.47. The van der Waals surface area contributed by atoms with Crippen LogP contribution in [-0.2, 0) is 0 Å². The van der Waals surface area contributed by atoms with Gasteiger partial charge in [-0.15, -0.1) is 11.3 Å². The van der Waals surface area contributed by atoms with Gasteiger partial charge in [-0.05, 0) is 55.0 Å². The van der Waals surface area contributed by atoms with E-state index < -0.39 is 0 Å². The first-order valence-corrected chi connectivity index (χ1v) is 9.84. The van der Waals surface area contributed by atoms with Crippen LogP contribution in [0.5, 0.6) is 0 Å². The molecule has 1 aromatic carbocycles. The summed E-state index contributed by atoms with van der Waals surface area (Å²) in [5.41, 5.74) is 10.3. The molecule has 0 atom stereocenters. The zero-order valence-electron chi connectivity index (χ0n) is 13.6. The number of nitrogen functional groups attached to an aromatic ring is 1. The molecule has 0 spiro atoms. The molecule has 2 aromatic heterocycles. The molecule has 0 aliphatic heterocycles. The van der Waals surface area contributed by atoms with Gasteiger partial charge in [0.15, 0.2) is 5.78 Å². The van der Waals surface area contributed by atoms with Gasteiger partial charge in [-0.25, -0.2) is 4.98 Å². The summed E-state index contributed by atoms with van der Waals surface area (Å²) in [6.07, 6.45) is 4.34. The summed E-state index contributed by atoms with van der Waals surface area (Å²) in [5.74, 6) is 0.897. The van der Waals surface area contributed by atoms with E-state index in [-0.39, 0.29) is 11.7 Å². The third-order valence-corrected chi connectivity index (χ3v) is 6.41. The van der Waals surface area contributed by atoms with Crippen molar-refractivity contribution in [1.82, 2.24) is 4.98 Å². The molecule has 2 fully saturated rings. The third kappa shape index (κ3) is 2.64. The Morgan fingerprint density at radius 3 is 2.52 bits per heavy atom. The molecule has 0 unspecified atom stereocenters. The maximum absolute atomic E-state index is 12.6. The summed E-state index contributed by atoms with van der Waals surface area (Å²) in [4.78, 5) is 19.0. The number of hydrogen-bond donors (Lipinski definition) is 1. The highest BCUT2D eigenvalue weighted by molar-refractivity contribution is 7.21. The lowest BCUT2D eigenvalue weighted by molar-refractivity contribution is 0.0972. The molecule has 126 valence electrons. The number of aromatic nitrogens is 1. The van der Waals surface area contributed by atoms with Crippen LogP contribution in [0.1, 0.15) is 47.0 Å². The van der Waals surface area contributed by atoms with Crippen molar-refractivity contribution in [2.45, 2.75) is 31.6 Å². The van der Waals surface area contributed by atoms with Gasteiger partial charge in [0, 0.05) is 27.9 Å². The fourth-order valence-corrected chi connectivity index (χ4v) is 4.57. The Labute approximate surface area is 154 Å². The maximum atomic E-state index is 12.6. The number of benzene rings is 1. The number of nitrogens with zero attached hydrogens (tertiary/aromatic N) is 1. The average Bonchev–Trinajstić information content (AvgIpc) is 3.52. The molecule has 0 bridgehead atoms. The van der Waals surface area contributed by atoms with Crippen LogP contribution in [0, 0.1) is 5.92 Å². The van der Waals surface area contributed by atoms with Gasteiger partial charge in [0.1, 0.15) is 4.83 Å². The number of nitrogens with two attached hydrogens (primary N) is 1. The first-order chi connectivity index (χ1) is 12.1. The van der Waals surface area contributed by atoms with E-state index in [2.05, 4.69) is 6.07 Å². The molecule has 2 heterocycles. The van der Waals surface area contributed by atoms with Crippen LogP contribution in [0.2, 0.25) is 5.02 Å². The SMILES string of the molecule is Nc1c(C(=O)C2CC2)sc2nc(C3CC3)cc(-c3ccc(Cl)cc3)c12. The standard InChI is InChI=1S/C20H17ClN2OS/c21-13-7-5-10(6-8-13)14-9-15(11-1-2-11)23-20-16(14)17(22)19(25-20)18(24)12-3-4-12/h5-9,11-12H,1-4,22H2. The predicted octanol–water partition coefficient (Wildman–Crippen LogP) is 5.67. The van der Waals surface area contributed by atoms with Crippen molar-refractivity contribution in [2.24, 2.45) is 5.92 Å². The van der Waals surface area contributed by atoms with E-state index in [4.69, 9.17) is 22.3 Å². The van der Waals surface area contributed by atoms with Crippen molar-refractivity contribution < 1.29 is 4.79 Å². The first-order valence-electron chi connectivity index (χ1n) is 8.65. The van der Waals surface area contributed by atoms with Crippen molar-refractivity contribution in [3.63, 3.8) is 0 Å². The minimum absolute atomic E-state index is 0.164. The number of carbonyl (C=O) groups excluding carboxylic acids is 1.